The molecule has 3 N–H and O–H groups in total. The Morgan fingerprint density at radius 1 is 1.28 bits per heavy atom. The van der Waals surface area contributed by atoms with Gasteiger partial charge in [0.15, 0.2) is 11.6 Å². The van der Waals surface area contributed by atoms with E-state index < -0.39 is 5.82 Å². The number of halogens is 1. The lowest BCUT2D eigenvalue weighted by Crippen LogP contribution is -2.07. The number of anilines is 3. The van der Waals surface area contributed by atoms with Gasteiger partial charge in [0.2, 0.25) is 11.9 Å². The van der Waals surface area contributed by atoms with Crippen molar-refractivity contribution in [2.75, 3.05) is 17.2 Å². The van der Waals surface area contributed by atoms with E-state index in [1.54, 1.807) is 40.0 Å². The van der Waals surface area contributed by atoms with E-state index in [1.807, 2.05) is 13.0 Å². The number of aliphatic hydroxyl groups excluding tert-OH is 1. The molecule has 4 aromatic rings. The van der Waals surface area contributed by atoms with Crippen molar-refractivity contribution in [1.29, 1.82) is 0 Å². The zero-order valence-corrected chi connectivity index (χ0v) is 17.4. The second-order valence-corrected chi connectivity index (χ2v) is 7.17. The summed E-state index contributed by atoms with van der Waals surface area (Å²) in [5.41, 5.74) is 2.90. The number of hydrogen-bond donors (Lipinski definition) is 3. The predicted octanol–water partition coefficient (Wildman–Crippen LogP) is 3.32. The van der Waals surface area contributed by atoms with E-state index in [2.05, 4.69) is 32.3 Å². The number of nitrogens with zero attached hydrogens (tertiary/aromatic N) is 5. The van der Waals surface area contributed by atoms with Crippen LogP contribution in [0.1, 0.15) is 12.0 Å². The molecule has 1 aromatic carbocycles. The molecule has 0 bridgehead atoms. The first-order chi connectivity index (χ1) is 15.5. The van der Waals surface area contributed by atoms with E-state index in [0.717, 1.165) is 22.7 Å². The number of aliphatic hydroxyl groups is 1. The largest absolute Gasteiger partial charge is 0.396 e. The Balaban J connectivity index is 1.65. The van der Waals surface area contributed by atoms with E-state index in [0.29, 0.717) is 24.3 Å². The highest BCUT2D eigenvalue weighted by atomic mass is 19.1. The van der Waals surface area contributed by atoms with E-state index in [-0.39, 0.29) is 24.3 Å². The summed E-state index contributed by atoms with van der Waals surface area (Å²) in [5, 5.41) is 19.7. The van der Waals surface area contributed by atoms with Gasteiger partial charge in [-0.25, -0.2) is 9.37 Å². The summed E-state index contributed by atoms with van der Waals surface area (Å²) in [5.74, 6) is -0.567. The first-order valence-corrected chi connectivity index (χ1v) is 9.97. The molecule has 32 heavy (non-hydrogen) atoms. The van der Waals surface area contributed by atoms with Crippen LogP contribution in [0.4, 0.5) is 21.7 Å². The molecule has 0 atom stereocenters. The van der Waals surface area contributed by atoms with Crippen LogP contribution in [0.2, 0.25) is 0 Å². The zero-order valence-electron chi connectivity index (χ0n) is 17.4. The lowest BCUT2D eigenvalue weighted by molar-refractivity contribution is -0.111. The van der Waals surface area contributed by atoms with Gasteiger partial charge in [0.25, 0.3) is 0 Å². The molecule has 0 spiro atoms. The Kier molecular flexibility index (Phi) is 5.95. The van der Waals surface area contributed by atoms with Crippen molar-refractivity contribution < 1.29 is 14.3 Å². The fraction of sp³-hybridized carbons (Fsp3) is 0.182. The minimum Gasteiger partial charge on any atom is -0.396 e. The van der Waals surface area contributed by atoms with E-state index >= 15 is 0 Å². The number of hydrogen-bond acceptors (Lipinski definition) is 6. The lowest BCUT2D eigenvalue weighted by atomic mass is 10.2. The van der Waals surface area contributed by atoms with Crippen LogP contribution in [0.25, 0.3) is 16.7 Å². The summed E-state index contributed by atoms with van der Waals surface area (Å²) in [7, 11) is 0. The van der Waals surface area contributed by atoms with Gasteiger partial charge in [0.1, 0.15) is 0 Å². The van der Waals surface area contributed by atoms with Crippen molar-refractivity contribution in [2.24, 2.45) is 0 Å². The first-order valence-electron chi connectivity index (χ1n) is 9.97. The molecule has 0 radical (unpaired) electrons. The van der Waals surface area contributed by atoms with Gasteiger partial charge < -0.3 is 15.7 Å². The second kappa shape index (κ2) is 8.98. The molecule has 0 aliphatic carbocycles. The topological polar surface area (TPSA) is 110 Å². The van der Waals surface area contributed by atoms with Gasteiger partial charge in [-0.3, -0.25) is 14.0 Å². The van der Waals surface area contributed by atoms with Crippen molar-refractivity contribution in [3.8, 4) is 5.82 Å². The van der Waals surface area contributed by atoms with Crippen LogP contribution in [-0.2, 0) is 11.3 Å². The number of nitrogens with one attached hydrogen (secondary N) is 2. The van der Waals surface area contributed by atoms with E-state index in [1.165, 1.54) is 6.08 Å². The Morgan fingerprint density at radius 3 is 2.91 bits per heavy atom. The average Bonchev–Trinajstić information content (AvgIpc) is 3.37. The molecule has 3 heterocycles. The number of benzene rings is 1. The van der Waals surface area contributed by atoms with Crippen molar-refractivity contribution in [3.05, 3.63) is 67.0 Å². The molecule has 164 valence electrons. The van der Waals surface area contributed by atoms with Crippen LogP contribution >= 0.6 is 0 Å². The third-order valence-corrected chi connectivity index (χ3v) is 4.85. The maximum atomic E-state index is 14.7. The van der Waals surface area contributed by atoms with Crippen LogP contribution in [0, 0.1) is 12.7 Å². The van der Waals surface area contributed by atoms with Crippen LogP contribution in [0.5, 0.6) is 0 Å². The van der Waals surface area contributed by atoms with Crippen molar-refractivity contribution in [3.63, 3.8) is 0 Å². The number of amides is 1. The maximum absolute atomic E-state index is 14.7. The highest BCUT2D eigenvalue weighted by Gasteiger charge is 2.15. The van der Waals surface area contributed by atoms with Crippen LogP contribution in [0.3, 0.4) is 0 Å². The predicted molar refractivity (Wildman–Crippen MR) is 120 cm³/mol. The quantitative estimate of drug-likeness (QED) is 0.366. The average molecular weight is 435 g/mol. The number of aromatic nitrogens is 5. The fourth-order valence-electron chi connectivity index (χ4n) is 3.34. The van der Waals surface area contributed by atoms with Gasteiger partial charge in [-0.2, -0.15) is 10.1 Å². The molecule has 0 saturated heterocycles. The lowest BCUT2D eigenvalue weighted by Gasteiger charge is -2.09. The van der Waals surface area contributed by atoms with Gasteiger partial charge in [-0.15, -0.1) is 0 Å². The summed E-state index contributed by atoms with van der Waals surface area (Å²) >= 11 is 0. The summed E-state index contributed by atoms with van der Waals surface area (Å²) < 4.78 is 18.0. The van der Waals surface area contributed by atoms with Crippen LogP contribution in [-0.4, -0.2) is 41.9 Å². The molecule has 0 fully saturated rings. The Morgan fingerprint density at radius 2 is 2.12 bits per heavy atom. The molecule has 0 unspecified atom stereocenters. The number of carbonyl (C=O) groups excluding carboxylic acids is 1. The van der Waals surface area contributed by atoms with Gasteiger partial charge in [-0.1, -0.05) is 6.58 Å². The normalized spacial score (nSPS) is 11.0. The number of rotatable bonds is 8. The van der Waals surface area contributed by atoms with Gasteiger partial charge in [0.05, 0.1) is 23.6 Å². The standard InChI is InChI=1S/C22H22FN7O2/c1-3-20(32)26-15-5-6-19-17(9-15)14(2)12-30(19)21-18(23)11-24-22(28-21)27-16-10-25-29(13-16)7-4-8-31/h3,5-6,9-13,31H,1,4,7-8H2,2H3,(H,26,32)(H,24,27,28). The molecular weight excluding hydrogens is 413 g/mol. The van der Waals surface area contributed by atoms with E-state index in [9.17, 15) is 9.18 Å². The smallest absolute Gasteiger partial charge is 0.247 e. The highest BCUT2D eigenvalue weighted by Crippen LogP contribution is 2.28. The molecule has 1 amide bonds. The Hall–Kier alpha value is -4.05. The van der Waals surface area contributed by atoms with E-state index in [4.69, 9.17) is 5.11 Å². The highest BCUT2D eigenvalue weighted by molar-refractivity contribution is 6.00. The summed E-state index contributed by atoms with van der Waals surface area (Å²) in [6.07, 6.45) is 8.06. The van der Waals surface area contributed by atoms with Crippen molar-refractivity contribution in [2.45, 2.75) is 19.9 Å². The van der Waals surface area contributed by atoms with Crippen LogP contribution in [0.15, 0.2) is 55.6 Å². The molecule has 0 aliphatic rings. The monoisotopic (exact) mass is 435 g/mol. The SMILES string of the molecule is C=CC(=O)Nc1ccc2c(c1)c(C)cn2-c1nc(Nc2cnn(CCCO)c2)ncc1F. The van der Waals surface area contributed by atoms with Gasteiger partial charge in [-0.05, 0) is 43.2 Å². The maximum Gasteiger partial charge on any atom is 0.247 e. The Bertz CT molecular complexity index is 1290. The van der Waals surface area contributed by atoms with Crippen LogP contribution < -0.4 is 10.6 Å². The Labute approximate surface area is 183 Å². The number of aryl methyl sites for hydroxylation is 2. The molecule has 0 aliphatic heterocycles. The van der Waals surface area contributed by atoms with Crippen molar-refractivity contribution >= 4 is 34.1 Å². The number of fused-ring (bicyclic) bond motifs is 1. The van der Waals surface area contributed by atoms with Gasteiger partial charge in [0, 0.05) is 36.6 Å². The second-order valence-electron chi connectivity index (χ2n) is 7.17. The molecule has 3 aromatic heterocycles. The summed E-state index contributed by atoms with van der Waals surface area (Å²) in [6.45, 7) is 6.01. The fourth-order valence-corrected chi connectivity index (χ4v) is 3.34. The first kappa shape index (κ1) is 21.2. The summed E-state index contributed by atoms with van der Waals surface area (Å²) in [6, 6.07) is 5.35. The molecule has 10 heteroatoms. The molecular formula is C22H22FN7O2. The van der Waals surface area contributed by atoms with Gasteiger partial charge >= 0.3 is 0 Å². The van der Waals surface area contributed by atoms with Crippen molar-refractivity contribution in [1.82, 2.24) is 24.3 Å². The minimum absolute atomic E-state index is 0.0828. The molecule has 4 rings (SSSR count). The third-order valence-electron chi connectivity index (χ3n) is 4.85. The minimum atomic E-state index is -0.574. The molecule has 0 saturated carbocycles. The summed E-state index contributed by atoms with van der Waals surface area (Å²) in [4.78, 5) is 20.0. The third kappa shape index (κ3) is 4.35. The number of carbonyl (C=O) groups is 1. The molecule has 9 nitrogen and oxygen atoms in total. The zero-order chi connectivity index (χ0) is 22.7.